The van der Waals surface area contributed by atoms with E-state index in [1.165, 1.54) is 6.92 Å². The van der Waals surface area contributed by atoms with Gasteiger partial charge in [0.2, 0.25) is 5.91 Å². The maximum Gasteiger partial charge on any atom is 0.249 e. The number of halogens is 1. The highest BCUT2D eigenvalue weighted by atomic mass is 35.5. The van der Waals surface area contributed by atoms with Crippen LogP contribution in [-0.4, -0.2) is 21.6 Å². The minimum atomic E-state index is -1.62. The number of primary amides is 1. The summed E-state index contributed by atoms with van der Waals surface area (Å²) in [7, 11) is 0. The number of rotatable bonds is 9. The van der Waals surface area contributed by atoms with Gasteiger partial charge in [0.25, 0.3) is 0 Å². The topological polar surface area (TPSA) is 94.7 Å². The number of carbonyl (C=O) groups is 1. The van der Waals surface area contributed by atoms with E-state index >= 15 is 0 Å². The lowest BCUT2D eigenvalue weighted by molar-refractivity contribution is -0.134. The van der Waals surface area contributed by atoms with E-state index in [1.54, 1.807) is 24.4 Å². The fraction of sp³-hybridized carbons (Fsp3) is 0.250. The number of ether oxygens (including phenoxy) is 2. The molecule has 2 aromatic carbocycles. The molecule has 7 heteroatoms. The van der Waals surface area contributed by atoms with Gasteiger partial charge in [0.1, 0.15) is 33.8 Å². The molecule has 1 heterocycles. The summed E-state index contributed by atoms with van der Waals surface area (Å²) in [6, 6.07) is 16.2. The zero-order chi connectivity index (χ0) is 22.4. The molecule has 1 atom stereocenters. The lowest BCUT2D eigenvalue weighted by Crippen LogP contribution is -2.42. The summed E-state index contributed by atoms with van der Waals surface area (Å²) >= 11 is 5.93. The van der Waals surface area contributed by atoms with Crippen LogP contribution in [0.5, 0.6) is 23.0 Å². The van der Waals surface area contributed by atoms with Gasteiger partial charge in [0.15, 0.2) is 0 Å². The van der Waals surface area contributed by atoms with Crippen LogP contribution in [0.4, 0.5) is 0 Å². The first-order valence-corrected chi connectivity index (χ1v) is 10.4. The van der Waals surface area contributed by atoms with Gasteiger partial charge in [-0.1, -0.05) is 37.1 Å². The van der Waals surface area contributed by atoms with E-state index < -0.39 is 11.5 Å². The summed E-state index contributed by atoms with van der Waals surface area (Å²) in [5.74, 6) is 1.82. The van der Waals surface area contributed by atoms with Crippen LogP contribution in [-0.2, 0) is 17.6 Å². The van der Waals surface area contributed by atoms with Gasteiger partial charge in [0.05, 0.1) is 0 Å². The first-order chi connectivity index (χ1) is 14.8. The van der Waals surface area contributed by atoms with E-state index in [0.29, 0.717) is 28.2 Å². The van der Waals surface area contributed by atoms with Crippen LogP contribution < -0.4 is 15.2 Å². The zero-order valence-electron chi connectivity index (χ0n) is 17.5. The van der Waals surface area contributed by atoms with Gasteiger partial charge in [-0.2, -0.15) is 0 Å². The smallest absolute Gasteiger partial charge is 0.249 e. The monoisotopic (exact) mass is 440 g/mol. The molecule has 0 unspecified atom stereocenters. The molecule has 0 bridgehead atoms. The number of amides is 1. The summed E-state index contributed by atoms with van der Waals surface area (Å²) in [6.07, 6.45) is 3.43. The van der Waals surface area contributed by atoms with Crippen molar-refractivity contribution in [2.24, 2.45) is 5.73 Å². The molecule has 3 N–H and O–H groups in total. The molecule has 3 aromatic rings. The molecular formula is C24H25ClN2O4. The Bertz CT molecular complexity index is 1070. The van der Waals surface area contributed by atoms with Crippen molar-refractivity contribution in [1.82, 2.24) is 4.98 Å². The maximum atomic E-state index is 11.4. The highest BCUT2D eigenvalue weighted by Crippen LogP contribution is 2.32. The normalized spacial score (nSPS) is 12.8. The van der Waals surface area contributed by atoms with Gasteiger partial charge in [-0.3, -0.25) is 4.79 Å². The number of hydrogen-bond acceptors (Lipinski definition) is 5. The molecule has 0 fully saturated rings. The third-order valence-corrected chi connectivity index (χ3v) is 4.90. The van der Waals surface area contributed by atoms with Crippen LogP contribution in [0.2, 0.25) is 5.15 Å². The molecular weight excluding hydrogens is 416 g/mol. The number of nitrogens with zero attached hydrogens (tertiary/aromatic N) is 1. The van der Waals surface area contributed by atoms with Crippen LogP contribution in [0.1, 0.15) is 31.4 Å². The second-order valence-electron chi connectivity index (χ2n) is 7.50. The van der Waals surface area contributed by atoms with Crippen LogP contribution in [0.25, 0.3) is 0 Å². The Labute approximate surface area is 186 Å². The van der Waals surface area contributed by atoms with Gasteiger partial charge < -0.3 is 20.3 Å². The number of aryl methyl sites for hydroxylation is 1. The predicted octanol–water partition coefficient (Wildman–Crippen LogP) is 5.05. The van der Waals surface area contributed by atoms with Gasteiger partial charge in [-0.25, -0.2) is 4.98 Å². The average molecular weight is 441 g/mol. The molecule has 0 spiro atoms. The number of pyridine rings is 1. The van der Waals surface area contributed by atoms with Crippen LogP contribution >= 0.6 is 11.6 Å². The largest absolute Gasteiger partial charge is 0.457 e. The number of aliphatic hydroxyl groups is 1. The van der Waals surface area contributed by atoms with E-state index in [0.717, 1.165) is 24.0 Å². The summed E-state index contributed by atoms with van der Waals surface area (Å²) in [6.45, 7) is 3.49. The van der Waals surface area contributed by atoms with Gasteiger partial charge in [-0.15, -0.1) is 0 Å². The first kappa shape index (κ1) is 22.6. The van der Waals surface area contributed by atoms with Gasteiger partial charge in [-0.05, 0) is 60.9 Å². The Kier molecular flexibility index (Phi) is 7.15. The van der Waals surface area contributed by atoms with E-state index in [1.807, 2.05) is 36.4 Å². The fourth-order valence-corrected chi connectivity index (χ4v) is 3.26. The molecule has 3 rings (SSSR count). The molecule has 6 nitrogen and oxygen atoms in total. The Hall–Kier alpha value is -3.09. The standard InChI is InChI=1S/C24H25ClN2O4/c1-3-5-17-13-19(30-20-10-11-27-22(25)14-20)8-9-21(17)31-18-7-4-6-16(12-18)15-24(2,29)23(26)28/h4,6-14,29H,3,5,15H2,1-2H3,(H2,26,28)/t24-/m1/s1. The third kappa shape index (κ3) is 6.20. The van der Waals surface area contributed by atoms with Crippen molar-refractivity contribution >= 4 is 17.5 Å². The Morgan fingerprint density at radius 3 is 2.55 bits per heavy atom. The van der Waals surface area contributed by atoms with Crippen LogP contribution in [0.3, 0.4) is 0 Å². The second-order valence-corrected chi connectivity index (χ2v) is 7.89. The average Bonchev–Trinajstić information content (AvgIpc) is 2.70. The van der Waals surface area contributed by atoms with Crippen molar-refractivity contribution in [3.8, 4) is 23.0 Å². The molecule has 0 aliphatic heterocycles. The predicted molar refractivity (Wildman–Crippen MR) is 120 cm³/mol. The minimum Gasteiger partial charge on any atom is -0.457 e. The number of hydrogen-bond donors (Lipinski definition) is 2. The number of aromatic nitrogens is 1. The van der Waals surface area contributed by atoms with Crippen LogP contribution in [0, 0.1) is 0 Å². The Balaban J connectivity index is 1.81. The van der Waals surface area contributed by atoms with Crippen molar-refractivity contribution in [2.75, 3.05) is 0 Å². The summed E-state index contributed by atoms with van der Waals surface area (Å²) in [5, 5.41) is 10.5. The van der Waals surface area contributed by atoms with Gasteiger partial charge in [0, 0.05) is 18.7 Å². The Morgan fingerprint density at radius 1 is 1.10 bits per heavy atom. The molecule has 0 saturated carbocycles. The maximum absolute atomic E-state index is 11.4. The summed E-state index contributed by atoms with van der Waals surface area (Å²) in [4.78, 5) is 15.4. The van der Waals surface area contributed by atoms with Crippen molar-refractivity contribution in [1.29, 1.82) is 0 Å². The van der Waals surface area contributed by atoms with E-state index in [9.17, 15) is 9.90 Å². The summed E-state index contributed by atoms with van der Waals surface area (Å²) in [5.41, 5.74) is 5.38. The lowest BCUT2D eigenvalue weighted by Gasteiger charge is -2.19. The molecule has 0 saturated heterocycles. The highest BCUT2D eigenvalue weighted by Gasteiger charge is 2.27. The highest BCUT2D eigenvalue weighted by molar-refractivity contribution is 6.29. The van der Waals surface area contributed by atoms with Gasteiger partial charge >= 0.3 is 0 Å². The molecule has 1 amide bonds. The van der Waals surface area contributed by atoms with Crippen molar-refractivity contribution in [2.45, 2.75) is 38.7 Å². The Morgan fingerprint density at radius 2 is 1.84 bits per heavy atom. The van der Waals surface area contributed by atoms with E-state index in [2.05, 4.69) is 11.9 Å². The van der Waals surface area contributed by atoms with E-state index in [-0.39, 0.29) is 6.42 Å². The SMILES string of the molecule is CCCc1cc(Oc2ccnc(Cl)c2)ccc1Oc1cccc(C[C@@](C)(O)C(N)=O)c1. The molecule has 162 valence electrons. The first-order valence-electron chi connectivity index (χ1n) is 9.98. The molecule has 1 aromatic heterocycles. The number of carbonyl (C=O) groups excluding carboxylic acids is 1. The minimum absolute atomic E-state index is 0.0998. The molecule has 0 radical (unpaired) electrons. The lowest BCUT2D eigenvalue weighted by atomic mass is 9.96. The van der Waals surface area contributed by atoms with Crippen molar-refractivity contribution in [3.63, 3.8) is 0 Å². The zero-order valence-corrected chi connectivity index (χ0v) is 18.2. The van der Waals surface area contributed by atoms with Crippen LogP contribution in [0.15, 0.2) is 60.8 Å². The molecule has 0 aliphatic carbocycles. The van der Waals surface area contributed by atoms with Crippen molar-refractivity contribution < 1.29 is 19.4 Å². The molecule has 0 aliphatic rings. The fourth-order valence-electron chi connectivity index (χ4n) is 3.10. The number of benzene rings is 2. The third-order valence-electron chi connectivity index (χ3n) is 4.69. The summed E-state index contributed by atoms with van der Waals surface area (Å²) < 4.78 is 12.0. The van der Waals surface area contributed by atoms with E-state index in [4.69, 9.17) is 26.8 Å². The quantitative estimate of drug-likeness (QED) is 0.454. The van der Waals surface area contributed by atoms with Crippen molar-refractivity contribution in [3.05, 3.63) is 77.1 Å². The molecule has 31 heavy (non-hydrogen) atoms. The second kappa shape index (κ2) is 9.81. The number of nitrogens with two attached hydrogens (primary N) is 1.